The molecule has 0 fully saturated rings. The first kappa shape index (κ1) is 19.8. The number of nitrogens with zero attached hydrogens (tertiary/aromatic N) is 2. The fourth-order valence-electron chi connectivity index (χ4n) is 1.95. The van der Waals surface area contributed by atoms with Gasteiger partial charge in [0.05, 0.1) is 17.7 Å². The van der Waals surface area contributed by atoms with Crippen LogP contribution in [0.25, 0.3) is 0 Å². The summed E-state index contributed by atoms with van der Waals surface area (Å²) in [6, 6.07) is 6.59. The van der Waals surface area contributed by atoms with Gasteiger partial charge >= 0.3 is 0 Å². The normalized spacial score (nSPS) is 11.0. The minimum Gasteiger partial charge on any atom is -0.357 e. The van der Waals surface area contributed by atoms with Gasteiger partial charge in [0, 0.05) is 18.0 Å². The predicted molar refractivity (Wildman–Crippen MR) is 105 cm³/mol. The number of aliphatic imine (C=N–C) groups is 1. The van der Waals surface area contributed by atoms with Crippen LogP contribution in [0.5, 0.6) is 0 Å². The zero-order valence-corrected chi connectivity index (χ0v) is 16.5. The van der Waals surface area contributed by atoms with Crippen LogP contribution in [-0.4, -0.2) is 24.0 Å². The van der Waals surface area contributed by atoms with Crippen molar-refractivity contribution in [2.24, 2.45) is 4.99 Å². The van der Waals surface area contributed by atoms with Crippen LogP contribution < -0.4 is 10.6 Å². The van der Waals surface area contributed by atoms with Gasteiger partial charge in [-0.2, -0.15) is 0 Å². The highest BCUT2D eigenvalue weighted by Crippen LogP contribution is 2.12. The molecule has 0 saturated carbocycles. The Kier molecular flexibility index (Phi) is 9.08. The number of hydrogen-bond acceptors (Lipinski definition) is 3. The van der Waals surface area contributed by atoms with Gasteiger partial charge in [-0.1, -0.05) is 12.1 Å². The Morgan fingerprint density at radius 3 is 2.61 bits per heavy atom. The topological polar surface area (TPSA) is 49.3 Å². The molecule has 0 unspecified atom stereocenters. The van der Waals surface area contributed by atoms with E-state index in [-0.39, 0.29) is 29.8 Å². The van der Waals surface area contributed by atoms with E-state index in [2.05, 4.69) is 20.6 Å². The molecule has 2 N–H and O–H groups in total. The fourth-order valence-corrected chi connectivity index (χ4v) is 2.65. The lowest BCUT2D eigenvalue weighted by Gasteiger charge is -2.11. The van der Waals surface area contributed by atoms with Crippen LogP contribution in [0.2, 0.25) is 0 Å². The number of benzene rings is 1. The second-order valence-electron chi connectivity index (χ2n) is 4.86. The highest BCUT2D eigenvalue weighted by molar-refractivity contribution is 14.0. The monoisotopic (exact) mass is 448 g/mol. The molecule has 1 aromatic heterocycles. The third-order valence-electron chi connectivity index (χ3n) is 3.19. The van der Waals surface area contributed by atoms with Crippen LogP contribution in [0.4, 0.5) is 4.39 Å². The Morgan fingerprint density at radius 2 is 2.00 bits per heavy atom. The summed E-state index contributed by atoms with van der Waals surface area (Å²) in [5.41, 5.74) is 3.98. The van der Waals surface area contributed by atoms with Gasteiger partial charge in [-0.25, -0.2) is 14.4 Å². The predicted octanol–water partition coefficient (Wildman–Crippen LogP) is 3.51. The van der Waals surface area contributed by atoms with E-state index in [1.807, 2.05) is 31.5 Å². The number of hydrogen-bond donors (Lipinski definition) is 2. The fraction of sp³-hybridized carbons (Fsp3) is 0.375. The third kappa shape index (κ3) is 6.82. The van der Waals surface area contributed by atoms with Gasteiger partial charge in [0.2, 0.25) is 0 Å². The largest absolute Gasteiger partial charge is 0.357 e. The van der Waals surface area contributed by atoms with E-state index in [1.54, 1.807) is 11.3 Å². The lowest BCUT2D eigenvalue weighted by Crippen LogP contribution is -2.38. The van der Waals surface area contributed by atoms with Gasteiger partial charge in [0.1, 0.15) is 5.82 Å². The van der Waals surface area contributed by atoms with E-state index >= 15 is 0 Å². The first-order chi connectivity index (χ1) is 10.7. The van der Waals surface area contributed by atoms with Gasteiger partial charge in [0.15, 0.2) is 5.96 Å². The second kappa shape index (κ2) is 10.5. The van der Waals surface area contributed by atoms with Gasteiger partial charge in [0.25, 0.3) is 0 Å². The van der Waals surface area contributed by atoms with Crippen molar-refractivity contribution < 1.29 is 4.39 Å². The molecule has 4 nitrogen and oxygen atoms in total. The molecule has 0 aliphatic heterocycles. The molecule has 0 saturated heterocycles. The Labute approximate surface area is 157 Å². The van der Waals surface area contributed by atoms with Gasteiger partial charge in [-0.15, -0.1) is 35.3 Å². The van der Waals surface area contributed by atoms with Crippen LogP contribution in [0, 0.1) is 12.7 Å². The van der Waals surface area contributed by atoms with Crippen molar-refractivity contribution in [2.75, 3.05) is 13.1 Å². The SMILES string of the molecule is CCNC(=NCc1scnc1C)NCCc1ccc(F)cc1.I. The standard InChI is InChI=1S/C16H21FN4S.HI/c1-3-18-16(20-10-15-12(2)21-11-22-15)19-9-8-13-4-6-14(17)7-5-13;/h4-7,11H,3,8-10H2,1-2H3,(H2,18,19,20);1H. The molecule has 7 heteroatoms. The molecule has 0 radical (unpaired) electrons. The van der Waals surface area contributed by atoms with Crippen molar-refractivity contribution in [3.8, 4) is 0 Å². The summed E-state index contributed by atoms with van der Waals surface area (Å²) in [5, 5.41) is 6.52. The number of aromatic nitrogens is 1. The molecule has 2 aromatic rings. The summed E-state index contributed by atoms with van der Waals surface area (Å²) < 4.78 is 12.9. The number of halogens is 2. The average Bonchev–Trinajstić information content (AvgIpc) is 2.92. The molecule has 126 valence electrons. The number of guanidine groups is 1. The summed E-state index contributed by atoms with van der Waals surface area (Å²) in [4.78, 5) is 9.97. The molecule has 2 rings (SSSR count). The zero-order chi connectivity index (χ0) is 15.8. The van der Waals surface area contributed by atoms with Gasteiger partial charge < -0.3 is 10.6 Å². The molecule has 0 spiro atoms. The molecule has 0 bridgehead atoms. The van der Waals surface area contributed by atoms with Crippen LogP contribution in [-0.2, 0) is 13.0 Å². The summed E-state index contributed by atoms with van der Waals surface area (Å²) >= 11 is 1.62. The minimum atomic E-state index is -0.202. The first-order valence-corrected chi connectivity index (χ1v) is 8.22. The number of aryl methyl sites for hydroxylation is 1. The van der Waals surface area contributed by atoms with Crippen molar-refractivity contribution in [3.05, 3.63) is 51.7 Å². The molecule has 1 heterocycles. The summed E-state index contributed by atoms with van der Waals surface area (Å²) in [6.07, 6.45) is 0.824. The van der Waals surface area contributed by atoms with Crippen molar-refractivity contribution in [3.63, 3.8) is 0 Å². The maximum atomic E-state index is 12.9. The van der Waals surface area contributed by atoms with E-state index in [0.29, 0.717) is 6.54 Å². The third-order valence-corrected chi connectivity index (χ3v) is 4.11. The van der Waals surface area contributed by atoms with Crippen LogP contribution in [0.1, 0.15) is 23.1 Å². The quantitative estimate of drug-likeness (QED) is 0.404. The van der Waals surface area contributed by atoms with E-state index in [9.17, 15) is 4.39 Å². The Bertz CT molecular complexity index is 613. The molecular weight excluding hydrogens is 426 g/mol. The zero-order valence-electron chi connectivity index (χ0n) is 13.3. The van der Waals surface area contributed by atoms with E-state index in [0.717, 1.165) is 36.7 Å². The summed E-state index contributed by atoms with van der Waals surface area (Å²) in [5.74, 6) is 0.587. The molecule has 1 aromatic carbocycles. The lowest BCUT2D eigenvalue weighted by atomic mass is 10.1. The maximum absolute atomic E-state index is 12.9. The smallest absolute Gasteiger partial charge is 0.191 e. The number of nitrogens with one attached hydrogen (secondary N) is 2. The van der Waals surface area contributed by atoms with E-state index in [4.69, 9.17) is 0 Å². The van der Waals surface area contributed by atoms with E-state index in [1.165, 1.54) is 17.0 Å². The first-order valence-electron chi connectivity index (χ1n) is 7.34. The maximum Gasteiger partial charge on any atom is 0.191 e. The highest BCUT2D eigenvalue weighted by atomic mass is 127. The molecule has 0 aliphatic carbocycles. The summed E-state index contributed by atoms with van der Waals surface area (Å²) in [6.45, 7) is 6.22. The summed E-state index contributed by atoms with van der Waals surface area (Å²) in [7, 11) is 0. The van der Waals surface area contributed by atoms with Crippen molar-refractivity contribution in [1.29, 1.82) is 0 Å². The molecule has 0 atom stereocenters. The van der Waals surface area contributed by atoms with Crippen molar-refractivity contribution >= 4 is 41.3 Å². The Hall–Kier alpha value is -1.22. The van der Waals surface area contributed by atoms with Crippen LogP contribution >= 0.6 is 35.3 Å². The van der Waals surface area contributed by atoms with Gasteiger partial charge in [-0.3, -0.25) is 0 Å². The molecule has 23 heavy (non-hydrogen) atoms. The Balaban J connectivity index is 0.00000264. The second-order valence-corrected chi connectivity index (χ2v) is 5.80. The highest BCUT2D eigenvalue weighted by Gasteiger charge is 2.02. The minimum absolute atomic E-state index is 0. The van der Waals surface area contributed by atoms with Crippen molar-refractivity contribution in [2.45, 2.75) is 26.8 Å². The molecule has 0 aliphatic rings. The van der Waals surface area contributed by atoms with Crippen molar-refractivity contribution in [1.82, 2.24) is 15.6 Å². The lowest BCUT2D eigenvalue weighted by molar-refractivity contribution is 0.626. The van der Waals surface area contributed by atoms with Crippen LogP contribution in [0.3, 0.4) is 0 Å². The average molecular weight is 448 g/mol. The van der Waals surface area contributed by atoms with E-state index < -0.39 is 0 Å². The Morgan fingerprint density at radius 1 is 1.26 bits per heavy atom. The van der Waals surface area contributed by atoms with Crippen LogP contribution in [0.15, 0.2) is 34.8 Å². The number of thiazole rings is 1. The van der Waals surface area contributed by atoms with Gasteiger partial charge in [-0.05, 0) is 38.0 Å². The number of rotatable bonds is 6. The molecule has 0 amide bonds. The molecular formula is C16H22FIN4S.